The van der Waals surface area contributed by atoms with Crippen LogP contribution >= 0.6 is 0 Å². The quantitative estimate of drug-likeness (QED) is 0.502. The van der Waals surface area contributed by atoms with Gasteiger partial charge in [-0.2, -0.15) is 5.26 Å². The van der Waals surface area contributed by atoms with Gasteiger partial charge in [0.1, 0.15) is 11.3 Å². The Kier molecular flexibility index (Phi) is 4.42. The van der Waals surface area contributed by atoms with Gasteiger partial charge in [-0.05, 0) is 19.1 Å². The van der Waals surface area contributed by atoms with Crippen molar-refractivity contribution in [3.63, 3.8) is 0 Å². The van der Waals surface area contributed by atoms with Crippen molar-refractivity contribution in [1.29, 1.82) is 5.26 Å². The maximum absolute atomic E-state index is 12.2. The van der Waals surface area contributed by atoms with Gasteiger partial charge in [0.2, 0.25) is 0 Å². The van der Waals surface area contributed by atoms with Crippen LogP contribution < -0.4 is 5.73 Å². The first-order valence-corrected chi connectivity index (χ1v) is 5.57. The predicted octanol–water partition coefficient (Wildman–Crippen LogP) is 1.55. The van der Waals surface area contributed by atoms with E-state index < -0.39 is 16.5 Å². The number of carbonyl (C=O) groups excluding carboxylic acids is 1. The van der Waals surface area contributed by atoms with Crippen molar-refractivity contribution in [2.45, 2.75) is 19.4 Å². The highest BCUT2D eigenvalue weighted by molar-refractivity contribution is 6.00. The van der Waals surface area contributed by atoms with E-state index in [9.17, 15) is 14.9 Å². The van der Waals surface area contributed by atoms with Crippen molar-refractivity contribution in [2.75, 3.05) is 12.8 Å². The fraction of sp³-hybridized carbons (Fsp3) is 0.333. The smallest absolute Gasteiger partial charge is 0.304 e. The number of hydrogen-bond acceptors (Lipinski definition) is 5. The number of anilines is 1. The van der Waals surface area contributed by atoms with Crippen LogP contribution in [0.25, 0.3) is 0 Å². The first-order valence-electron chi connectivity index (χ1n) is 5.57. The summed E-state index contributed by atoms with van der Waals surface area (Å²) in [6.07, 6.45) is 0.151. The molecular formula is C12H14N4O3. The van der Waals surface area contributed by atoms with Crippen LogP contribution in [0.5, 0.6) is 0 Å². The first kappa shape index (κ1) is 14.4. The van der Waals surface area contributed by atoms with Crippen molar-refractivity contribution >= 4 is 17.3 Å². The molecule has 7 nitrogen and oxygen atoms in total. The number of para-hydroxylation sites is 1. The Hall–Kier alpha value is -2.62. The van der Waals surface area contributed by atoms with Crippen molar-refractivity contribution in [1.82, 2.24) is 4.90 Å². The van der Waals surface area contributed by atoms with Gasteiger partial charge in [0.15, 0.2) is 0 Å². The summed E-state index contributed by atoms with van der Waals surface area (Å²) in [5.74, 6) is -0.526. The number of nitro groups is 1. The summed E-state index contributed by atoms with van der Waals surface area (Å²) < 4.78 is 0. The molecule has 0 saturated heterocycles. The van der Waals surface area contributed by atoms with Gasteiger partial charge in [-0.15, -0.1) is 0 Å². The van der Waals surface area contributed by atoms with Crippen LogP contribution in [-0.2, 0) is 0 Å². The molecule has 1 aromatic rings. The number of nitro benzene ring substituents is 1. The van der Waals surface area contributed by atoms with Gasteiger partial charge >= 0.3 is 5.69 Å². The van der Waals surface area contributed by atoms with Gasteiger partial charge in [-0.1, -0.05) is 6.07 Å². The molecule has 0 bridgehead atoms. The highest BCUT2D eigenvalue weighted by Crippen LogP contribution is 2.27. The third-order valence-electron chi connectivity index (χ3n) is 2.85. The summed E-state index contributed by atoms with van der Waals surface area (Å²) in [6, 6.07) is 5.82. The number of amides is 1. The third kappa shape index (κ3) is 2.98. The number of nitrogen functional groups attached to an aromatic ring is 1. The molecule has 1 unspecified atom stereocenters. The molecule has 0 heterocycles. The van der Waals surface area contributed by atoms with Gasteiger partial charge in [0, 0.05) is 13.1 Å². The molecule has 1 rings (SSSR count). The van der Waals surface area contributed by atoms with Crippen molar-refractivity contribution in [2.24, 2.45) is 0 Å². The van der Waals surface area contributed by atoms with Crippen LogP contribution in [-0.4, -0.2) is 28.8 Å². The average Bonchev–Trinajstić information content (AvgIpc) is 2.36. The summed E-state index contributed by atoms with van der Waals surface area (Å²) in [5.41, 5.74) is 5.00. The lowest BCUT2D eigenvalue weighted by Crippen LogP contribution is -2.35. The van der Waals surface area contributed by atoms with E-state index in [2.05, 4.69) is 0 Å². The minimum Gasteiger partial charge on any atom is -0.393 e. The van der Waals surface area contributed by atoms with Crippen LogP contribution in [0.15, 0.2) is 18.2 Å². The van der Waals surface area contributed by atoms with E-state index >= 15 is 0 Å². The summed E-state index contributed by atoms with van der Waals surface area (Å²) in [5, 5.41) is 19.6. The Morgan fingerprint density at radius 1 is 1.63 bits per heavy atom. The number of nitrogens with zero attached hydrogens (tertiary/aromatic N) is 3. The van der Waals surface area contributed by atoms with E-state index in [1.54, 1.807) is 6.92 Å². The van der Waals surface area contributed by atoms with Gasteiger partial charge in [-0.3, -0.25) is 14.9 Å². The zero-order valence-corrected chi connectivity index (χ0v) is 10.7. The highest BCUT2D eigenvalue weighted by atomic mass is 16.6. The lowest BCUT2D eigenvalue weighted by Gasteiger charge is -2.22. The molecule has 19 heavy (non-hydrogen) atoms. The second kappa shape index (κ2) is 5.82. The number of benzene rings is 1. The zero-order valence-electron chi connectivity index (χ0n) is 10.7. The second-order valence-corrected chi connectivity index (χ2v) is 4.13. The lowest BCUT2D eigenvalue weighted by atomic mass is 10.1. The molecule has 0 aliphatic carbocycles. The van der Waals surface area contributed by atoms with E-state index in [1.165, 1.54) is 30.1 Å². The van der Waals surface area contributed by atoms with E-state index in [4.69, 9.17) is 11.0 Å². The number of carbonyl (C=O) groups is 1. The molecule has 1 amide bonds. The Balaban J connectivity index is 3.17. The number of nitrogens with two attached hydrogens (primary N) is 1. The standard InChI is InChI=1S/C12H14N4O3/c1-8(6-7-13)15(2)12(17)9-4-3-5-10(14)11(9)16(18)19/h3-5,8H,6,14H2,1-2H3. The molecule has 2 N–H and O–H groups in total. The van der Waals surface area contributed by atoms with Crippen LogP contribution in [0.4, 0.5) is 11.4 Å². The Morgan fingerprint density at radius 2 is 2.26 bits per heavy atom. The van der Waals surface area contributed by atoms with Crippen molar-refractivity contribution in [3.8, 4) is 6.07 Å². The molecule has 100 valence electrons. The molecule has 0 aliphatic heterocycles. The van der Waals surface area contributed by atoms with E-state index in [1.807, 2.05) is 6.07 Å². The molecule has 0 saturated carbocycles. The predicted molar refractivity (Wildman–Crippen MR) is 69.3 cm³/mol. The van der Waals surface area contributed by atoms with E-state index in [0.717, 1.165) is 0 Å². The topological polar surface area (TPSA) is 113 Å². The second-order valence-electron chi connectivity index (χ2n) is 4.13. The minimum atomic E-state index is -0.675. The lowest BCUT2D eigenvalue weighted by molar-refractivity contribution is -0.384. The Bertz CT molecular complexity index is 550. The molecule has 0 aromatic heterocycles. The maximum Gasteiger partial charge on any atom is 0.304 e. The average molecular weight is 262 g/mol. The molecule has 0 aliphatic rings. The van der Waals surface area contributed by atoms with E-state index in [-0.39, 0.29) is 23.7 Å². The van der Waals surface area contributed by atoms with Gasteiger partial charge in [-0.25, -0.2) is 0 Å². The summed E-state index contributed by atoms with van der Waals surface area (Å²) in [7, 11) is 1.50. The summed E-state index contributed by atoms with van der Waals surface area (Å²) >= 11 is 0. The Morgan fingerprint density at radius 3 is 2.79 bits per heavy atom. The van der Waals surface area contributed by atoms with Crippen LogP contribution in [0.2, 0.25) is 0 Å². The van der Waals surface area contributed by atoms with Gasteiger partial charge in [0.05, 0.1) is 17.4 Å². The van der Waals surface area contributed by atoms with Crippen LogP contribution in [0.3, 0.4) is 0 Å². The van der Waals surface area contributed by atoms with Gasteiger partial charge < -0.3 is 10.6 Å². The van der Waals surface area contributed by atoms with Gasteiger partial charge in [0.25, 0.3) is 5.91 Å². The zero-order chi connectivity index (χ0) is 14.6. The van der Waals surface area contributed by atoms with Crippen molar-refractivity contribution in [3.05, 3.63) is 33.9 Å². The minimum absolute atomic E-state index is 0.0582. The molecule has 0 fully saturated rings. The molecule has 7 heteroatoms. The normalized spacial score (nSPS) is 11.4. The summed E-state index contributed by atoms with van der Waals surface area (Å²) in [4.78, 5) is 23.8. The first-order chi connectivity index (χ1) is 8.90. The van der Waals surface area contributed by atoms with Crippen molar-refractivity contribution < 1.29 is 9.72 Å². The van der Waals surface area contributed by atoms with Crippen LogP contribution in [0, 0.1) is 21.4 Å². The molecule has 0 radical (unpaired) electrons. The monoisotopic (exact) mass is 262 g/mol. The molecule has 0 spiro atoms. The molecule has 1 atom stereocenters. The van der Waals surface area contributed by atoms with E-state index in [0.29, 0.717) is 0 Å². The number of rotatable bonds is 4. The maximum atomic E-state index is 12.2. The number of nitriles is 1. The third-order valence-corrected chi connectivity index (χ3v) is 2.85. The SMILES string of the molecule is CC(CC#N)N(C)C(=O)c1cccc(N)c1[N+](=O)[O-]. The largest absolute Gasteiger partial charge is 0.393 e. The summed E-state index contributed by atoms with van der Waals surface area (Å²) in [6.45, 7) is 1.69. The molecular weight excluding hydrogens is 248 g/mol. The van der Waals surface area contributed by atoms with Crippen LogP contribution in [0.1, 0.15) is 23.7 Å². The number of hydrogen-bond donors (Lipinski definition) is 1. The highest BCUT2D eigenvalue weighted by Gasteiger charge is 2.27. The fourth-order valence-electron chi connectivity index (χ4n) is 1.60. The molecule has 1 aromatic carbocycles. The Labute approximate surface area is 110 Å². The fourth-order valence-corrected chi connectivity index (χ4v) is 1.60.